The van der Waals surface area contributed by atoms with Crippen molar-refractivity contribution in [1.29, 1.82) is 0 Å². The smallest absolute Gasteiger partial charge is 0.303 e. The summed E-state index contributed by atoms with van der Waals surface area (Å²) < 4.78 is 0. The number of nitro groups is 1. The van der Waals surface area contributed by atoms with E-state index in [1.165, 1.54) is 18.2 Å². The molecule has 1 aromatic carbocycles. The lowest BCUT2D eigenvalue weighted by molar-refractivity contribution is -0.384. The van der Waals surface area contributed by atoms with Crippen molar-refractivity contribution in [2.45, 2.75) is 12.8 Å². The van der Waals surface area contributed by atoms with Crippen molar-refractivity contribution in [3.05, 3.63) is 38.9 Å². The van der Waals surface area contributed by atoms with Crippen molar-refractivity contribution in [2.75, 3.05) is 13.1 Å². The highest BCUT2D eigenvalue weighted by molar-refractivity contribution is 6.33. The summed E-state index contributed by atoms with van der Waals surface area (Å²) in [5.74, 6) is -1.23. The summed E-state index contributed by atoms with van der Waals surface area (Å²) in [6.07, 6.45) is 0.670. The zero-order valence-corrected chi connectivity index (χ0v) is 11.7. The molecule has 0 spiro atoms. The second kappa shape index (κ2) is 6.09. The van der Waals surface area contributed by atoms with E-state index < -0.39 is 10.9 Å². The van der Waals surface area contributed by atoms with Gasteiger partial charge in [0.25, 0.3) is 11.6 Å². The standard InChI is InChI=1S/C13H13ClN2O5/c14-10-6-9(1-2-11(10)16(20)21)13(19)15-4-3-8(7-15)5-12(17)18/h1-2,6,8H,3-5,7H2,(H,17,18). The minimum atomic E-state index is -0.882. The van der Waals surface area contributed by atoms with Gasteiger partial charge in [0.05, 0.1) is 4.92 Å². The first-order valence-electron chi connectivity index (χ1n) is 6.33. The van der Waals surface area contributed by atoms with Gasteiger partial charge in [0.2, 0.25) is 0 Å². The molecular weight excluding hydrogens is 300 g/mol. The largest absolute Gasteiger partial charge is 0.481 e. The molecule has 1 unspecified atom stereocenters. The van der Waals surface area contributed by atoms with Gasteiger partial charge in [0.1, 0.15) is 5.02 Å². The van der Waals surface area contributed by atoms with Gasteiger partial charge in [-0.25, -0.2) is 0 Å². The third kappa shape index (κ3) is 3.49. The molecule has 1 saturated heterocycles. The molecule has 112 valence electrons. The van der Waals surface area contributed by atoms with Gasteiger partial charge in [-0.1, -0.05) is 11.6 Å². The maximum Gasteiger partial charge on any atom is 0.303 e. The van der Waals surface area contributed by atoms with Crippen LogP contribution in [0.5, 0.6) is 0 Å². The number of carbonyl (C=O) groups excluding carboxylic acids is 1. The van der Waals surface area contributed by atoms with Crippen LogP contribution >= 0.6 is 11.6 Å². The molecule has 1 heterocycles. The highest BCUT2D eigenvalue weighted by Gasteiger charge is 2.29. The second-order valence-electron chi connectivity index (χ2n) is 4.93. The predicted octanol–water partition coefficient (Wildman–Crippen LogP) is 2.19. The fourth-order valence-corrected chi connectivity index (χ4v) is 2.65. The van der Waals surface area contributed by atoms with Crippen LogP contribution < -0.4 is 0 Å². The molecule has 21 heavy (non-hydrogen) atoms. The topological polar surface area (TPSA) is 101 Å². The molecule has 8 heteroatoms. The monoisotopic (exact) mass is 312 g/mol. The van der Waals surface area contributed by atoms with Gasteiger partial charge in [0.15, 0.2) is 0 Å². The molecule has 1 atom stereocenters. The SMILES string of the molecule is O=C(O)CC1CCN(C(=O)c2ccc([N+](=O)[O-])c(Cl)c2)C1. The summed E-state index contributed by atoms with van der Waals surface area (Å²) in [5, 5.41) is 19.3. The normalized spacial score (nSPS) is 17.8. The summed E-state index contributed by atoms with van der Waals surface area (Å²) in [4.78, 5) is 34.5. The van der Waals surface area contributed by atoms with E-state index in [1.54, 1.807) is 4.90 Å². The van der Waals surface area contributed by atoms with Crippen LogP contribution in [0.4, 0.5) is 5.69 Å². The van der Waals surface area contributed by atoms with Crippen molar-refractivity contribution >= 4 is 29.2 Å². The fraction of sp³-hybridized carbons (Fsp3) is 0.385. The number of amides is 1. The first-order valence-corrected chi connectivity index (χ1v) is 6.71. The molecule has 0 bridgehead atoms. The van der Waals surface area contributed by atoms with Crippen LogP contribution in [0.3, 0.4) is 0 Å². The minimum Gasteiger partial charge on any atom is -0.481 e. The number of nitro benzene ring substituents is 1. The molecule has 1 amide bonds. The van der Waals surface area contributed by atoms with Crippen molar-refractivity contribution in [3.63, 3.8) is 0 Å². The molecule has 2 rings (SSSR count). The van der Waals surface area contributed by atoms with E-state index in [1.807, 2.05) is 0 Å². The summed E-state index contributed by atoms with van der Waals surface area (Å²) in [7, 11) is 0. The quantitative estimate of drug-likeness (QED) is 0.678. The lowest BCUT2D eigenvalue weighted by Gasteiger charge is -2.16. The molecule has 1 aromatic rings. The number of hydrogen-bond donors (Lipinski definition) is 1. The number of nitrogens with zero attached hydrogens (tertiary/aromatic N) is 2. The number of carbonyl (C=O) groups is 2. The Morgan fingerprint density at radius 3 is 2.76 bits per heavy atom. The Hall–Kier alpha value is -2.15. The fourth-order valence-electron chi connectivity index (χ4n) is 2.40. The molecule has 7 nitrogen and oxygen atoms in total. The lowest BCUT2D eigenvalue weighted by Crippen LogP contribution is -2.29. The number of hydrogen-bond acceptors (Lipinski definition) is 4. The number of rotatable bonds is 4. The molecule has 0 radical (unpaired) electrons. The van der Waals surface area contributed by atoms with Crippen molar-refractivity contribution in [1.82, 2.24) is 4.90 Å². The Morgan fingerprint density at radius 2 is 2.19 bits per heavy atom. The molecular formula is C13H13ClN2O5. The highest BCUT2D eigenvalue weighted by atomic mass is 35.5. The first-order chi connectivity index (χ1) is 9.88. The van der Waals surface area contributed by atoms with Gasteiger partial charge in [-0.05, 0) is 24.5 Å². The Labute approximate surface area is 125 Å². The van der Waals surface area contributed by atoms with Crippen molar-refractivity contribution in [2.24, 2.45) is 5.92 Å². The van der Waals surface area contributed by atoms with Crippen LogP contribution in [0.15, 0.2) is 18.2 Å². The molecule has 1 aliphatic heterocycles. The Bertz CT molecular complexity index is 604. The summed E-state index contributed by atoms with van der Waals surface area (Å²) in [6.45, 7) is 0.852. The third-order valence-corrected chi connectivity index (χ3v) is 3.73. The zero-order valence-electron chi connectivity index (χ0n) is 11.0. The van der Waals surface area contributed by atoms with E-state index in [0.29, 0.717) is 19.5 Å². The maximum absolute atomic E-state index is 12.3. The van der Waals surface area contributed by atoms with Crippen LogP contribution in [-0.4, -0.2) is 39.9 Å². The predicted molar refractivity (Wildman–Crippen MR) is 74.4 cm³/mol. The van der Waals surface area contributed by atoms with Gasteiger partial charge in [-0.2, -0.15) is 0 Å². The number of carboxylic acid groups (broad SMARTS) is 1. The highest BCUT2D eigenvalue weighted by Crippen LogP contribution is 2.27. The zero-order chi connectivity index (χ0) is 15.6. The first kappa shape index (κ1) is 15.2. The average molecular weight is 313 g/mol. The second-order valence-corrected chi connectivity index (χ2v) is 5.33. The van der Waals surface area contributed by atoms with Crippen molar-refractivity contribution < 1.29 is 19.6 Å². The van der Waals surface area contributed by atoms with Crippen LogP contribution in [-0.2, 0) is 4.79 Å². The van der Waals surface area contributed by atoms with Gasteiger partial charge in [-0.15, -0.1) is 0 Å². The van der Waals surface area contributed by atoms with Gasteiger partial charge >= 0.3 is 5.97 Å². The number of aliphatic carboxylic acids is 1. The van der Waals surface area contributed by atoms with Gasteiger partial charge in [-0.3, -0.25) is 19.7 Å². The summed E-state index contributed by atoms with van der Waals surface area (Å²) in [5.41, 5.74) is 0.0139. The number of carboxylic acids is 1. The van der Waals surface area contributed by atoms with E-state index in [-0.39, 0.29) is 34.5 Å². The van der Waals surface area contributed by atoms with Gasteiger partial charge in [0, 0.05) is 31.1 Å². The average Bonchev–Trinajstić information content (AvgIpc) is 2.84. The minimum absolute atomic E-state index is 0.0325. The molecule has 1 N–H and O–H groups in total. The Balaban J connectivity index is 2.09. The van der Waals surface area contributed by atoms with Crippen LogP contribution in [0.25, 0.3) is 0 Å². The lowest BCUT2D eigenvalue weighted by atomic mass is 10.1. The number of halogens is 1. The maximum atomic E-state index is 12.3. The molecule has 1 fully saturated rings. The van der Waals surface area contributed by atoms with E-state index in [0.717, 1.165) is 0 Å². The molecule has 0 saturated carbocycles. The Morgan fingerprint density at radius 1 is 1.48 bits per heavy atom. The van der Waals surface area contributed by atoms with E-state index in [4.69, 9.17) is 16.7 Å². The van der Waals surface area contributed by atoms with Crippen LogP contribution in [0.2, 0.25) is 5.02 Å². The van der Waals surface area contributed by atoms with Crippen LogP contribution in [0, 0.1) is 16.0 Å². The van der Waals surface area contributed by atoms with Crippen LogP contribution in [0.1, 0.15) is 23.2 Å². The van der Waals surface area contributed by atoms with Gasteiger partial charge < -0.3 is 10.0 Å². The summed E-state index contributed by atoms with van der Waals surface area (Å²) in [6, 6.07) is 3.82. The van der Waals surface area contributed by atoms with E-state index >= 15 is 0 Å². The summed E-state index contributed by atoms with van der Waals surface area (Å²) >= 11 is 5.78. The third-order valence-electron chi connectivity index (χ3n) is 3.43. The number of benzene rings is 1. The molecule has 0 aliphatic carbocycles. The number of likely N-dealkylation sites (tertiary alicyclic amines) is 1. The van der Waals surface area contributed by atoms with E-state index in [2.05, 4.69) is 0 Å². The molecule has 0 aromatic heterocycles. The Kier molecular flexibility index (Phi) is 4.42. The van der Waals surface area contributed by atoms with Crippen molar-refractivity contribution in [3.8, 4) is 0 Å². The molecule has 1 aliphatic rings. The van der Waals surface area contributed by atoms with E-state index in [9.17, 15) is 19.7 Å².